The fraction of sp³-hybridized carbons (Fsp3) is 0.875. The van der Waals surface area contributed by atoms with E-state index in [4.69, 9.17) is 13.7 Å². The van der Waals surface area contributed by atoms with Crippen molar-refractivity contribution in [2.45, 2.75) is 111 Å². The molecule has 0 unspecified atom stereocenters. The van der Waals surface area contributed by atoms with Crippen molar-refractivity contribution in [3.63, 3.8) is 0 Å². The fourth-order valence-corrected chi connectivity index (χ4v) is 4.99. The van der Waals surface area contributed by atoms with Crippen molar-refractivity contribution in [1.82, 2.24) is 0 Å². The molecule has 1 aliphatic heterocycles. The van der Waals surface area contributed by atoms with Gasteiger partial charge in [-0.3, -0.25) is 0 Å². The SMILES string of the molecule is CC.CC[C@H](C1=CC(=O)OC(C)(C)O1)[C@H](OS(C)(C)C(C)(C)C)C1CCCCC1.O. The molecule has 0 amide bonds. The van der Waals surface area contributed by atoms with Crippen LogP contribution < -0.4 is 0 Å². The average Bonchev–Trinajstić information content (AvgIpc) is 2.61. The van der Waals surface area contributed by atoms with Crippen LogP contribution in [0.1, 0.15) is 93.9 Å². The molecule has 2 aliphatic rings. The molecule has 1 fully saturated rings. The van der Waals surface area contributed by atoms with E-state index < -0.39 is 16.1 Å². The lowest BCUT2D eigenvalue weighted by molar-refractivity contribution is -0.210. The highest BCUT2D eigenvalue weighted by Crippen LogP contribution is 2.57. The largest absolute Gasteiger partial charge is 0.456 e. The number of cyclic esters (lactones) is 1. The number of ether oxygens (including phenoxy) is 2. The smallest absolute Gasteiger partial charge is 0.337 e. The summed E-state index contributed by atoms with van der Waals surface area (Å²) < 4.78 is 18.5. The van der Waals surface area contributed by atoms with Crippen molar-refractivity contribution in [3.8, 4) is 0 Å². The molecular formula is C24H48O5S. The van der Waals surface area contributed by atoms with Gasteiger partial charge in [-0.15, -0.1) is 10.3 Å². The molecule has 5 nitrogen and oxygen atoms in total. The second-order valence-corrected chi connectivity index (χ2v) is 13.7. The molecule has 30 heavy (non-hydrogen) atoms. The highest BCUT2D eigenvalue weighted by molar-refractivity contribution is 8.29. The standard InChI is InChI=1S/C22H40O4S.C2H6.H2O/c1-9-17(18-15-19(23)25-22(5,6)24-18)20(16-13-11-10-12-14-16)26-27(7,8)21(2,3)4;1-2;/h15-17,20H,9-14H2,1-8H3;1-2H3;1H2/t17-,20-;;/m1../s1. The third-order valence-electron chi connectivity index (χ3n) is 6.11. The third-order valence-corrected chi connectivity index (χ3v) is 9.77. The summed E-state index contributed by atoms with van der Waals surface area (Å²) in [7, 11) is -1.28. The molecule has 1 aliphatic carbocycles. The van der Waals surface area contributed by atoms with E-state index in [1.165, 1.54) is 38.2 Å². The Balaban J connectivity index is 0.00000272. The molecule has 0 aromatic carbocycles. The lowest BCUT2D eigenvalue weighted by Crippen LogP contribution is -2.42. The predicted octanol–water partition coefficient (Wildman–Crippen LogP) is 6.15. The Bertz CT molecular complexity index is 556. The van der Waals surface area contributed by atoms with Gasteiger partial charge in [0.2, 0.25) is 5.79 Å². The van der Waals surface area contributed by atoms with Crippen molar-refractivity contribution in [2.24, 2.45) is 11.8 Å². The minimum absolute atomic E-state index is 0. The van der Waals surface area contributed by atoms with E-state index in [9.17, 15) is 4.79 Å². The van der Waals surface area contributed by atoms with E-state index in [1.54, 1.807) is 13.8 Å². The molecule has 0 radical (unpaired) electrons. The fourth-order valence-electron chi connectivity index (χ4n) is 3.86. The first-order chi connectivity index (χ1) is 13.4. The van der Waals surface area contributed by atoms with Gasteiger partial charge in [-0.05, 0) is 37.7 Å². The normalized spacial score (nSPS) is 22.2. The van der Waals surface area contributed by atoms with Gasteiger partial charge in [0.1, 0.15) is 5.76 Å². The Morgan fingerprint density at radius 1 is 1.13 bits per heavy atom. The lowest BCUT2D eigenvalue weighted by Gasteiger charge is -2.50. The van der Waals surface area contributed by atoms with Crippen LogP contribution in [0.2, 0.25) is 0 Å². The monoisotopic (exact) mass is 448 g/mol. The molecule has 2 atom stereocenters. The minimum atomic E-state index is -1.28. The van der Waals surface area contributed by atoms with Gasteiger partial charge >= 0.3 is 5.97 Å². The maximum absolute atomic E-state index is 12.1. The number of carbonyl (C=O) groups is 1. The number of carbonyl (C=O) groups excluding carboxylic acids is 1. The number of esters is 1. The van der Waals surface area contributed by atoms with Crippen molar-refractivity contribution in [2.75, 3.05) is 12.5 Å². The van der Waals surface area contributed by atoms with Crippen LogP contribution in [0.5, 0.6) is 0 Å². The quantitative estimate of drug-likeness (QED) is 0.457. The van der Waals surface area contributed by atoms with Crippen molar-refractivity contribution in [1.29, 1.82) is 0 Å². The van der Waals surface area contributed by atoms with E-state index in [0.29, 0.717) is 5.92 Å². The molecular weight excluding hydrogens is 400 g/mol. The summed E-state index contributed by atoms with van der Waals surface area (Å²) in [5.74, 6) is 0.0960. The number of hydrogen-bond donors (Lipinski definition) is 0. The van der Waals surface area contributed by atoms with E-state index in [0.717, 1.165) is 12.2 Å². The van der Waals surface area contributed by atoms with Crippen LogP contribution in [0.3, 0.4) is 0 Å². The predicted molar refractivity (Wildman–Crippen MR) is 129 cm³/mol. The van der Waals surface area contributed by atoms with Crippen LogP contribution in [0.4, 0.5) is 0 Å². The van der Waals surface area contributed by atoms with E-state index in [-0.39, 0.29) is 28.2 Å². The zero-order valence-corrected chi connectivity index (χ0v) is 21.9. The van der Waals surface area contributed by atoms with Gasteiger partial charge in [0.15, 0.2) is 0 Å². The van der Waals surface area contributed by atoms with Gasteiger partial charge in [0, 0.05) is 24.5 Å². The summed E-state index contributed by atoms with van der Waals surface area (Å²) in [5.41, 5.74) is 0. The van der Waals surface area contributed by atoms with Crippen LogP contribution in [-0.4, -0.2) is 40.6 Å². The van der Waals surface area contributed by atoms with E-state index in [1.807, 2.05) is 13.8 Å². The van der Waals surface area contributed by atoms with Gasteiger partial charge in [0.25, 0.3) is 0 Å². The third kappa shape index (κ3) is 7.76. The average molecular weight is 449 g/mol. The molecule has 0 saturated heterocycles. The molecule has 0 aromatic rings. The number of hydrogen-bond acceptors (Lipinski definition) is 4. The summed E-state index contributed by atoms with van der Waals surface area (Å²) in [6.07, 6.45) is 13.3. The Kier molecular flexibility index (Phi) is 11.5. The van der Waals surface area contributed by atoms with Crippen molar-refractivity contribution >= 4 is 16.3 Å². The molecule has 0 aromatic heterocycles. The first-order valence-electron chi connectivity index (χ1n) is 11.4. The molecule has 1 saturated carbocycles. The van der Waals surface area contributed by atoms with Crippen LogP contribution >= 0.6 is 10.3 Å². The maximum Gasteiger partial charge on any atom is 0.337 e. The molecule has 0 bridgehead atoms. The van der Waals surface area contributed by atoms with Crippen molar-refractivity contribution in [3.05, 3.63) is 11.8 Å². The zero-order chi connectivity index (χ0) is 22.5. The Morgan fingerprint density at radius 3 is 2.10 bits per heavy atom. The second kappa shape index (κ2) is 11.8. The Hall–Kier alpha value is -0.720. The summed E-state index contributed by atoms with van der Waals surface area (Å²) >= 11 is 0. The minimum Gasteiger partial charge on any atom is -0.456 e. The zero-order valence-electron chi connectivity index (χ0n) is 21.1. The Morgan fingerprint density at radius 2 is 1.67 bits per heavy atom. The lowest BCUT2D eigenvalue weighted by atomic mass is 9.78. The summed E-state index contributed by atoms with van der Waals surface area (Å²) in [5, 5.41) is 0. The van der Waals surface area contributed by atoms with Crippen LogP contribution in [-0.2, 0) is 18.5 Å². The summed E-state index contributed by atoms with van der Waals surface area (Å²) in [4.78, 5) is 12.1. The summed E-state index contributed by atoms with van der Waals surface area (Å²) in [6, 6.07) is 0. The van der Waals surface area contributed by atoms with Gasteiger partial charge in [-0.25, -0.2) is 4.79 Å². The van der Waals surface area contributed by atoms with Crippen molar-refractivity contribution < 1.29 is 23.9 Å². The van der Waals surface area contributed by atoms with Gasteiger partial charge < -0.3 is 19.1 Å². The first kappa shape index (κ1) is 29.3. The molecule has 180 valence electrons. The van der Waals surface area contributed by atoms with Crippen LogP contribution in [0, 0.1) is 11.8 Å². The van der Waals surface area contributed by atoms with Gasteiger partial charge in [-0.2, -0.15) is 0 Å². The first-order valence-corrected chi connectivity index (χ1v) is 13.8. The van der Waals surface area contributed by atoms with Gasteiger partial charge in [0.05, 0.1) is 12.2 Å². The maximum atomic E-state index is 12.1. The van der Waals surface area contributed by atoms with Crippen LogP contribution in [0.25, 0.3) is 0 Å². The van der Waals surface area contributed by atoms with Crippen LogP contribution in [0.15, 0.2) is 11.8 Å². The summed E-state index contributed by atoms with van der Waals surface area (Å²) in [6.45, 7) is 16.5. The highest BCUT2D eigenvalue weighted by atomic mass is 32.3. The molecule has 2 N–H and O–H groups in total. The second-order valence-electron chi connectivity index (χ2n) is 9.79. The molecule has 1 heterocycles. The molecule has 6 heteroatoms. The van der Waals surface area contributed by atoms with Gasteiger partial charge in [-0.1, -0.05) is 60.8 Å². The molecule has 2 rings (SSSR count). The highest BCUT2D eigenvalue weighted by Gasteiger charge is 2.42. The van der Waals surface area contributed by atoms with E-state index in [2.05, 4.69) is 40.2 Å². The Labute approximate surface area is 187 Å². The van der Waals surface area contributed by atoms with E-state index >= 15 is 0 Å². The molecule has 0 spiro atoms. The number of rotatable bonds is 6. The topological polar surface area (TPSA) is 76.3 Å².